The van der Waals surface area contributed by atoms with Crippen molar-refractivity contribution in [1.29, 1.82) is 0 Å². The van der Waals surface area contributed by atoms with E-state index in [-0.39, 0.29) is 57.0 Å². The van der Waals surface area contributed by atoms with Crippen molar-refractivity contribution in [3.05, 3.63) is 104 Å². The van der Waals surface area contributed by atoms with E-state index in [4.69, 9.17) is 26.1 Å². The molecule has 16 nitrogen and oxygen atoms in total. The highest BCUT2D eigenvalue weighted by atomic mass is 35.5. The summed E-state index contributed by atoms with van der Waals surface area (Å²) < 4.78 is 13.6. The lowest BCUT2D eigenvalue weighted by Gasteiger charge is -2.36. The maximum absolute atomic E-state index is 14.2. The first-order valence-corrected chi connectivity index (χ1v) is 25.3. The average Bonchev–Trinajstić information content (AvgIpc) is 4.08. The molecule has 1 unspecified atom stereocenters. The second-order valence-electron chi connectivity index (χ2n) is 18.8. The van der Waals surface area contributed by atoms with Gasteiger partial charge in [-0.05, 0) is 82.2 Å². The summed E-state index contributed by atoms with van der Waals surface area (Å²) in [4.78, 5) is 67.8. The Morgan fingerprint density at radius 2 is 1.65 bits per heavy atom. The molecule has 0 radical (unpaired) electrons. The van der Waals surface area contributed by atoms with Crippen molar-refractivity contribution in [3.8, 4) is 15.4 Å². The summed E-state index contributed by atoms with van der Waals surface area (Å²) in [5.41, 5.74) is 7.74. The van der Waals surface area contributed by atoms with E-state index in [0.29, 0.717) is 29.7 Å². The molecule has 3 aromatic heterocycles. The van der Waals surface area contributed by atoms with Gasteiger partial charge in [-0.3, -0.25) is 28.7 Å². The van der Waals surface area contributed by atoms with Gasteiger partial charge >= 0.3 is 0 Å². The molecule has 2 aliphatic heterocycles. The van der Waals surface area contributed by atoms with Crippen molar-refractivity contribution in [1.82, 2.24) is 40.6 Å². The maximum atomic E-state index is 14.2. The van der Waals surface area contributed by atoms with E-state index in [9.17, 15) is 24.3 Å². The van der Waals surface area contributed by atoms with Crippen LogP contribution < -0.4 is 16.0 Å². The number of hydrogen-bond donors (Lipinski definition) is 4. The summed E-state index contributed by atoms with van der Waals surface area (Å²) in [5, 5.41) is 30.0. The number of aliphatic hydroxyl groups is 1. The minimum absolute atomic E-state index is 0.0346. The number of thiazole rings is 1. The lowest BCUT2D eigenvalue weighted by molar-refractivity contribution is -0.146. The zero-order valence-electron chi connectivity index (χ0n) is 40.6. The van der Waals surface area contributed by atoms with Crippen LogP contribution in [0.3, 0.4) is 0 Å². The van der Waals surface area contributed by atoms with Crippen molar-refractivity contribution in [2.45, 2.75) is 118 Å². The number of aliphatic hydroxyl groups excluding tert-OH is 1. The number of hydrogen-bond acceptors (Lipinski definition) is 13. The van der Waals surface area contributed by atoms with Gasteiger partial charge in [-0.2, -0.15) is 0 Å². The van der Waals surface area contributed by atoms with Crippen LogP contribution >= 0.6 is 34.3 Å². The Labute approximate surface area is 416 Å². The smallest absolute Gasteiger partial charge is 0.249 e. The zero-order chi connectivity index (χ0) is 49.7. The van der Waals surface area contributed by atoms with E-state index in [1.165, 1.54) is 4.90 Å². The number of aromatic nitrogens is 4. The Kier molecular flexibility index (Phi) is 16.5. The molecule has 2 aliphatic rings. The van der Waals surface area contributed by atoms with Crippen LogP contribution in [0.5, 0.6) is 0 Å². The fraction of sp³-hybridized carbons (Fsp3) is 0.480. The number of likely N-dealkylation sites (tertiary alicyclic amines) is 1. The molecule has 5 aromatic rings. The lowest BCUT2D eigenvalue weighted by atomic mass is 9.85. The topological polar surface area (TPSA) is 202 Å². The van der Waals surface area contributed by atoms with Crippen LogP contribution in [-0.4, -0.2) is 116 Å². The van der Waals surface area contributed by atoms with Crippen molar-refractivity contribution in [2.75, 3.05) is 32.9 Å². The maximum Gasteiger partial charge on any atom is 0.249 e. The molecule has 1 fully saturated rings. The zero-order valence-corrected chi connectivity index (χ0v) is 43.0. The molecule has 1 saturated heterocycles. The van der Waals surface area contributed by atoms with Gasteiger partial charge in [0.25, 0.3) is 0 Å². The van der Waals surface area contributed by atoms with Gasteiger partial charge in [0.2, 0.25) is 23.6 Å². The van der Waals surface area contributed by atoms with Crippen LogP contribution in [0, 0.1) is 33.1 Å². The van der Waals surface area contributed by atoms with Gasteiger partial charge in [-0.15, -0.1) is 32.9 Å². The Balaban J connectivity index is 0.855. The molecular formula is C50H62ClN9O7S2. The number of fused-ring (bicyclic) bond motifs is 3. The molecular weight excluding hydrogens is 938 g/mol. The van der Waals surface area contributed by atoms with E-state index in [1.54, 1.807) is 29.6 Å². The monoisotopic (exact) mass is 999 g/mol. The van der Waals surface area contributed by atoms with Crippen LogP contribution in [-0.2, 0) is 28.7 Å². The number of nitrogens with zero attached hydrogens (tertiary/aromatic N) is 6. The molecule has 0 bridgehead atoms. The van der Waals surface area contributed by atoms with Crippen LogP contribution in [0.4, 0.5) is 0 Å². The number of halogens is 1. The van der Waals surface area contributed by atoms with Crippen LogP contribution in [0.2, 0.25) is 5.02 Å². The second-order valence-corrected chi connectivity index (χ2v) is 21.3. The Hall–Kier alpha value is -5.37. The minimum Gasteiger partial charge on any atom is -0.391 e. The lowest BCUT2D eigenvalue weighted by Crippen LogP contribution is -2.59. The van der Waals surface area contributed by atoms with Gasteiger partial charge in [0.05, 0.1) is 47.0 Å². The normalized spacial score (nSPS) is 18.1. The minimum atomic E-state index is -1.00. The molecule has 69 heavy (non-hydrogen) atoms. The average molecular weight is 1000 g/mol. The van der Waals surface area contributed by atoms with Gasteiger partial charge in [-0.1, -0.05) is 68.8 Å². The summed E-state index contributed by atoms with van der Waals surface area (Å²) >= 11 is 9.46. The number of amides is 4. The quantitative estimate of drug-likeness (QED) is 0.0668. The van der Waals surface area contributed by atoms with Crippen molar-refractivity contribution >= 4 is 63.6 Å². The van der Waals surface area contributed by atoms with Crippen molar-refractivity contribution < 1.29 is 33.8 Å². The number of rotatable bonds is 18. The highest BCUT2D eigenvalue weighted by Crippen LogP contribution is 2.40. The Bertz CT molecular complexity index is 2670. The third-order valence-corrected chi connectivity index (χ3v) is 14.9. The molecule has 6 atom stereocenters. The number of ether oxygens (including phenoxy) is 2. The number of carbonyl (C=O) groups excluding carboxylic acids is 4. The van der Waals surface area contributed by atoms with E-state index >= 15 is 0 Å². The third-order valence-electron chi connectivity index (χ3n) is 12.5. The molecule has 0 aliphatic carbocycles. The predicted molar refractivity (Wildman–Crippen MR) is 268 cm³/mol. The number of aliphatic imine (C=N–C) groups is 1. The van der Waals surface area contributed by atoms with Gasteiger partial charge < -0.3 is 35.4 Å². The molecule has 0 spiro atoms. The molecule has 4 amide bonds. The van der Waals surface area contributed by atoms with Crippen molar-refractivity contribution in [2.24, 2.45) is 10.4 Å². The van der Waals surface area contributed by atoms with E-state index in [0.717, 1.165) is 54.0 Å². The number of benzene rings is 2. The highest BCUT2D eigenvalue weighted by Gasteiger charge is 2.45. The number of nitrogens with one attached hydrogen (secondary N) is 3. The van der Waals surface area contributed by atoms with E-state index < -0.39 is 47.6 Å². The van der Waals surface area contributed by atoms with Gasteiger partial charge in [0.1, 0.15) is 35.1 Å². The predicted octanol–water partition coefficient (Wildman–Crippen LogP) is 6.92. The van der Waals surface area contributed by atoms with E-state index in [2.05, 4.69) is 45.0 Å². The fourth-order valence-electron chi connectivity index (χ4n) is 8.52. The SMILES string of the molecule is Cc1ncsc1-c1ccc([C@H](C)NC(=O)[C@@H]2C[C@@H](O)CN2C(=O)C(NC(=O)[C@H](C)OCCCOCCNC(=O)C[C@@H]2N=C(c3ccc(Cl)cc3)c3c(sc(C)c3C)-n3c(C)nnc32)C(C)(C)C)cc1. The number of carbonyl (C=O) groups is 4. The van der Waals surface area contributed by atoms with Gasteiger partial charge in [0, 0.05) is 53.8 Å². The van der Waals surface area contributed by atoms with Gasteiger partial charge in [-0.25, -0.2) is 4.98 Å². The standard InChI is InChI=1S/C50H62ClN9O7S2/c1-27-31(5)69-49-41(27)42(34-15-17-36(51)18-16-34)55-38(45-58-57-32(6)60(45)49)24-40(62)52-19-22-66-20-10-21-67-30(4)46(63)56-44(50(7,8)9)48(65)59-25-37(61)23-39(59)47(64)54-28(2)33-11-13-35(14-12-33)43-29(3)53-26-68-43/h11-18,26,28,30,37-39,44,61H,10,19-25H2,1-9H3,(H,52,62)(H,54,64)(H,56,63)/t28-,30-,37+,38-,39-,44?/m0/s1. The molecule has 4 N–H and O–H groups in total. The molecule has 2 aromatic carbocycles. The molecule has 0 saturated carbocycles. The van der Waals surface area contributed by atoms with Crippen molar-refractivity contribution in [3.63, 3.8) is 0 Å². The van der Waals surface area contributed by atoms with Crippen LogP contribution in [0.25, 0.3) is 15.4 Å². The Morgan fingerprint density at radius 1 is 0.942 bits per heavy atom. The van der Waals surface area contributed by atoms with Gasteiger partial charge in [0.15, 0.2) is 5.82 Å². The summed E-state index contributed by atoms with van der Waals surface area (Å²) in [6, 6.07) is 12.6. The summed E-state index contributed by atoms with van der Waals surface area (Å²) in [5.74, 6) is -0.219. The number of aryl methyl sites for hydroxylation is 3. The third kappa shape index (κ3) is 12.0. The highest BCUT2D eigenvalue weighted by molar-refractivity contribution is 7.15. The summed E-state index contributed by atoms with van der Waals surface area (Å²) in [6.07, 6.45) is -1.18. The number of β-amino-alcohol motifs (C(OH)–C–C–N with tert-alkyl or cyclic N) is 1. The van der Waals surface area contributed by atoms with E-state index in [1.807, 2.05) is 100 Å². The summed E-state index contributed by atoms with van der Waals surface area (Å²) in [7, 11) is 0. The Morgan fingerprint density at radius 3 is 2.33 bits per heavy atom. The first-order valence-electron chi connectivity index (χ1n) is 23.2. The first-order chi connectivity index (χ1) is 32.8. The summed E-state index contributed by atoms with van der Waals surface area (Å²) in [6.45, 7) is 18.0. The molecule has 368 valence electrons. The molecule has 5 heterocycles. The van der Waals surface area contributed by atoms with Crippen LogP contribution in [0.1, 0.15) is 110 Å². The molecule has 19 heteroatoms. The first kappa shape index (κ1) is 51.5. The molecule has 7 rings (SSSR count). The van der Waals surface area contributed by atoms with Crippen LogP contribution in [0.15, 0.2) is 59.0 Å². The second kappa shape index (κ2) is 22.2. The number of thiophene rings is 1. The largest absolute Gasteiger partial charge is 0.391 e. The fourth-order valence-corrected chi connectivity index (χ4v) is 10.7.